The average Bonchev–Trinajstić information content (AvgIpc) is 3.42. The lowest BCUT2D eigenvalue weighted by atomic mass is 10.0. The number of fused-ring (bicyclic) bond motifs is 1. The Morgan fingerprint density at radius 3 is 2.55 bits per heavy atom. The van der Waals surface area contributed by atoms with Crippen LogP contribution in [0, 0.1) is 6.92 Å². The second-order valence-electron chi connectivity index (χ2n) is 9.21. The molecule has 0 atom stereocenters. The molecule has 1 aliphatic heterocycles. The van der Waals surface area contributed by atoms with E-state index in [1.165, 1.54) is 12.8 Å². The Kier molecular flexibility index (Phi) is 7.75. The van der Waals surface area contributed by atoms with Crippen molar-refractivity contribution in [3.05, 3.63) is 65.2 Å². The lowest BCUT2D eigenvalue weighted by molar-refractivity contribution is 0.344. The number of sulfonamides is 1. The molecule has 9 nitrogen and oxygen atoms in total. The highest BCUT2D eigenvalue weighted by Gasteiger charge is 2.17. The molecule has 0 amide bonds. The van der Waals surface area contributed by atoms with Crippen molar-refractivity contribution in [1.82, 2.24) is 24.8 Å². The lowest BCUT2D eigenvalue weighted by Crippen LogP contribution is -2.33. The van der Waals surface area contributed by atoms with Crippen molar-refractivity contribution in [2.75, 3.05) is 38.6 Å². The first kappa shape index (κ1) is 26.3. The third-order valence-corrected chi connectivity index (χ3v) is 8.37. The van der Waals surface area contributed by atoms with Crippen LogP contribution in [-0.2, 0) is 10.0 Å². The summed E-state index contributed by atoms with van der Waals surface area (Å²) in [5.41, 5.74) is 4.51. The van der Waals surface area contributed by atoms with E-state index in [1.54, 1.807) is 31.4 Å². The zero-order chi connectivity index (χ0) is 26.7. The van der Waals surface area contributed by atoms with Gasteiger partial charge in [-0.3, -0.25) is 0 Å². The molecule has 0 saturated carbocycles. The van der Waals surface area contributed by atoms with Crippen molar-refractivity contribution in [2.24, 2.45) is 0 Å². The minimum absolute atomic E-state index is 0.209. The van der Waals surface area contributed by atoms with Crippen LogP contribution in [0.25, 0.3) is 22.2 Å². The molecule has 198 valence electrons. The smallest absolute Gasteiger partial charge is 0.247 e. The van der Waals surface area contributed by atoms with Crippen molar-refractivity contribution in [3.8, 4) is 16.9 Å². The molecule has 1 fully saturated rings. The van der Waals surface area contributed by atoms with Crippen molar-refractivity contribution in [2.45, 2.75) is 24.7 Å². The molecule has 0 spiro atoms. The van der Waals surface area contributed by atoms with Crippen molar-refractivity contribution in [3.63, 3.8) is 0 Å². The number of hydrogen-bond donors (Lipinski definition) is 2. The van der Waals surface area contributed by atoms with Crippen molar-refractivity contribution < 1.29 is 13.2 Å². The van der Waals surface area contributed by atoms with Crippen LogP contribution in [0.5, 0.6) is 5.75 Å². The molecule has 1 aromatic heterocycles. The van der Waals surface area contributed by atoms with E-state index in [2.05, 4.69) is 30.1 Å². The van der Waals surface area contributed by atoms with E-state index in [1.807, 2.05) is 37.3 Å². The Bertz CT molecular complexity index is 1560. The van der Waals surface area contributed by atoms with Gasteiger partial charge in [0.1, 0.15) is 11.3 Å². The van der Waals surface area contributed by atoms with E-state index in [4.69, 9.17) is 16.3 Å². The number of nitrogens with zero attached hydrogens (tertiary/aromatic N) is 4. The van der Waals surface area contributed by atoms with Crippen LogP contribution in [0.2, 0.25) is 5.02 Å². The van der Waals surface area contributed by atoms with Crippen LogP contribution in [-0.4, -0.2) is 61.8 Å². The third-order valence-electron chi connectivity index (χ3n) is 6.57. The summed E-state index contributed by atoms with van der Waals surface area (Å²) in [6, 6.07) is 15.9. The Morgan fingerprint density at radius 1 is 1.05 bits per heavy atom. The number of hydrogen-bond acceptors (Lipinski definition) is 8. The van der Waals surface area contributed by atoms with Gasteiger partial charge in [0.15, 0.2) is 0 Å². The number of methoxy groups -OCH3 is 1. The number of nitrogens with one attached hydrogen (secondary N) is 2. The van der Waals surface area contributed by atoms with E-state index < -0.39 is 10.0 Å². The maximum Gasteiger partial charge on any atom is 0.247 e. The highest BCUT2D eigenvalue weighted by atomic mass is 35.5. The van der Waals surface area contributed by atoms with Crippen molar-refractivity contribution in [1.29, 1.82) is 0 Å². The van der Waals surface area contributed by atoms with Crippen molar-refractivity contribution >= 4 is 44.3 Å². The highest BCUT2D eigenvalue weighted by molar-refractivity contribution is 7.89. The molecule has 0 aliphatic carbocycles. The number of likely N-dealkylation sites (tertiary alicyclic amines) is 1. The van der Waals surface area contributed by atoms with E-state index in [0.29, 0.717) is 40.0 Å². The van der Waals surface area contributed by atoms with Crippen LogP contribution in [0.3, 0.4) is 0 Å². The molecular formula is C27H29ClN6O3S. The molecule has 0 bridgehead atoms. The van der Waals surface area contributed by atoms with Gasteiger partial charge in [-0.2, -0.15) is 0 Å². The summed E-state index contributed by atoms with van der Waals surface area (Å²) in [6.07, 6.45) is 2.35. The maximum absolute atomic E-state index is 12.6. The van der Waals surface area contributed by atoms with Crippen LogP contribution in [0.4, 0.5) is 11.6 Å². The molecule has 38 heavy (non-hydrogen) atoms. The first-order valence-electron chi connectivity index (χ1n) is 12.4. The molecule has 0 unspecified atom stereocenters. The minimum Gasteiger partial charge on any atom is -0.496 e. The average molecular weight is 553 g/mol. The van der Waals surface area contributed by atoms with Gasteiger partial charge >= 0.3 is 0 Å². The number of rotatable bonds is 9. The van der Waals surface area contributed by atoms with Gasteiger partial charge in [-0.15, -0.1) is 10.2 Å². The lowest BCUT2D eigenvalue weighted by Gasteiger charge is -2.15. The number of anilines is 2. The van der Waals surface area contributed by atoms with Gasteiger partial charge in [-0.1, -0.05) is 17.7 Å². The van der Waals surface area contributed by atoms with E-state index in [-0.39, 0.29) is 4.90 Å². The van der Waals surface area contributed by atoms with Gasteiger partial charge in [0, 0.05) is 24.3 Å². The van der Waals surface area contributed by atoms with Crippen LogP contribution < -0.4 is 14.8 Å². The molecule has 4 aromatic rings. The minimum atomic E-state index is -3.58. The third kappa shape index (κ3) is 5.73. The molecule has 1 saturated heterocycles. The second kappa shape index (κ2) is 11.2. The number of aryl methyl sites for hydroxylation is 1. The van der Waals surface area contributed by atoms with Gasteiger partial charge in [0.05, 0.1) is 22.5 Å². The van der Waals surface area contributed by atoms with E-state index >= 15 is 0 Å². The van der Waals surface area contributed by atoms with Crippen LogP contribution in [0.1, 0.15) is 18.4 Å². The number of halogens is 1. The monoisotopic (exact) mass is 552 g/mol. The number of aromatic nitrogens is 3. The summed E-state index contributed by atoms with van der Waals surface area (Å²) in [6.45, 7) is 5.13. The first-order chi connectivity index (χ1) is 18.3. The number of benzene rings is 3. The molecule has 2 N–H and O–H groups in total. The summed E-state index contributed by atoms with van der Waals surface area (Å²) in [5, 5.41) is 12.3. The topological polar surface area (TPSA) is 109 Å². The summed E-state index contributed by atoms with van der Waals surface area (Å²) in [7, 11) is -1.97. The zero-order valence-corrected chi connectivity index (χ0v) is 22.8. The molecular weight excluding hydrogens is 524 g/mol. The van der Waals surface area contributed by atoms with Crippen LogP contribution >= 0.6 is 11.6 Å². The normalized spacial score (nSPS) is 14.2. The fourth-order valence-corrected chi connectivity index (χ4v) is 5.93. The fourth-order valence-electron chi connectivity index (χ4n) is 4.64. The van der Waals surface area contributed by atoms with E-state index in [9.17, 15) is 8.42 Å². The standard InChI is InChI=1S/C27H29ClN6O3S/c1-18-16-19(25-22(28)6-5-7-24(25)37-2)17-23-26(18)31-27(33-32-23)30-20-8-10-21(11-9-20)38(35,36)29-12-15-34-13-3-4-14-34/h5-11,16-17,29H,3-4,12-15H2,1-2H3,(H,30,31,33). The number of ether oxygens (including phenoxy) is 1. The largest absolute Gasteiger partial charge is 0.496 e. The Balaban J connectivity index is 1.31. The summed E-state index contributed by atoms with van der Waals surface area (Å²) >= 11 is 6.47. The van der Waals surface area contributed by atoms with Gasteiger partial charge in [-0.25, -0.2) is 18.1 Å². The second-order valence-corrected chi connectivity index (χ2v) is 11.4. The fraction of sp³-hybridized carbons (Fsp3) is 0.296. The molecule has 11 heteroatoms. The van der Waals surface area contributed by atoms with Gasteiger partial charge < -0.3 is 15.0 Å². The SMILES string of the molecule is COc1cccc(Cl)c1-c1cc(C)c2nc(Nc3ccc(S(=O)(=O)NCCN4CCCC4)cc3)nnc2c1. The Morgan fingerprint density at radius 2 is 1.82 bits per heavy atom. The maximum atomic E-state index is 12.6. The Labute approximate surface area is 227 Å². The van der Waals surface area contributed by atoms with Gasteiger partial charge in [0.2, 0.25) is 16.0 Å². The Hall–Kier alpha value is -3.31. The summed E-state index contributed by atoms with van der Waals surface area (Å²) in [5.74, 6) is 0.978. The summed E-state index contributed by atoms with van der Waals surface area (Å²) < 4.78 is 33.5. The molecule has 3 aromatic carbocycles. The predicted molar refractivity (Wildman–Crippen MR) is 150 cm³/mol. The predicted octanol–water partition coefficient (Wildman–Crippen LogP) is 4.78. The molecule has 0 radical (unpaired) electrons. The molecule has 2 heterocycles. The van der Waals surface area contributed by atoms with Gasteiger partial charge in [0.25, 0.3) is 0 Å². The summed E-state index contributed by atoms with van der Waals surface area (Å²) in [4.78, 5) is 7.11. The van der Waals surface area contributed by atoms with Crippen LogP contribution in [0.15, 0.2) is 59.5 Å². The first-order valence-corrected chi connectivity index (χ1v) is 14.3. The highest BCUT2D eigenvalue weighted by Crippen LogP contribution is 2.38. The van der Waals surface area contributed by atoms with Gasteiger partial charge in [-0.05, 0) is 92.5 Å². The molecule has 1 aliphatic rings. The zero-order valence-electron chi connectivity index (χ0n) is 21.2. The molecule has 5 rings (SSSR count). The quantitative estimate of drug-likeness (QED) is 0.305. The van der Waals surface area contributed by atoms with E-state index in [0.717, 1.165) is 36.3 Å².